The van der Waals surface area contributed by atoms with E-state index in [-0.39, 0.29) is 5.56 Å². The molecule has 0 radical (unpaired) electrons. The number of rotatable bonds is 4. The SMILES string of the molecule is Cc1cc(C)c(C#N)c(S(=O)(=O)CCS(N)(=O)=O)n1. The molecule has 0 fully saturated rings. The molecule has 0 aliphatic heterocycles. The average molecular weight is 303 g/mol. The van der Waals surface area contributed by atoms with E-state index in [2.05, 4.69) is 4.98 Å². The maximum Gasteiger partial charge on any atom is 0.210 e. The quantitative estimate of drug-likeness (QED) is 0.807. The first kappa shape index (κ1) is 15.6. The number of pyridine rings is 1. The summed E-state index contributed by atoms with van der Waals surface area (Å²) in [4.78, 5) is 3.83. The fourth-order valence-corrected chi connectivity index (χ4v) is 4.29. The van der Waals surface area contributed by atoms with Crippen LogP contribution in [0.15, 0.2) is 11.1 Å². The van der Waals surface area contributed by atoms with Crippen molar-refractivity contribution in [3.8, 4) is 6.07 Å². The van der Waals surface area contributed by atoms with Gasteiger partial charge in [0.05, 0.1) is 17.1 Å². The second kappa shape index (κ2) is 5.24. The van der Waals surface area contributed by atoms with Gasteiger partial charge >= 0.3 is 0 Å². The zero-order chi connectivity index (χ0) is 14.8. The first-order valence-corrected chi connectivity index (χ1v) is 8.55. The minimum absolute atomic E-state index is 0.0694. The van der Waals surface area contributed by atoms with E-state index in [1.807, 2.05) is 0 Å². The van der Waals surface area contributed by atoms with Crippen molar-refractivity contribution in [3.05, 3.63) is 22.9 Å². The van der Waals surface area contributed by atoms with Gasteiger partial charge in [0.2, 0.25) is 10.0 Å². The molecule has 0 atom stereocenters. The van der Waals surface area contributed by atoms with Gasteiger partial charge in [0.1, 0.15) is 6.07 Å². The topological polar surface area (TPSA) is 131 Å². The van der Waals surface area contributed by atoms with Crippen LogP contribution in [0.5, 0.6) is 0 Å². The first-order valence-electron chi connectivity index (χ1n) is 5.18. The van der Waals surface area contributed by atoms with Crippen LogP contribution in [0.4, 0.5) is 0 Å². The maximum absolute atomic E-state index is 12.0. The molecule has 1 aromatic heterocycles. The number of aryl methyl sites for hydroxylation is 2. The van der Waals surface area contributed by atoms with Crippen molar-refractivity contribution < 1.29 is 16.8 Å². The van der Waals surface area contributed by atoms with Gasteiger partial charge in [0.15, 0.2) is 14.9 Å². The zero-order valence-corrected chi connectivity index (χ0v) is 12.0. The van der Waals surface area contributed by atoms with Crippen molar-refractivity contribution in [2.45, 2.75) is 18.9 Å². The molecule has 0 aliphatic rings. The second-order valence-corrected chi connectivity index (χ2v) is 7.82. The average Bonchev–Trinajstić information content (AvgIpc) is 2.25. The minimum atomic E-state index is -3.97. The predicted molar refractivity (Wildman–Crippen MR) is 68.5 cm³/mol. The molecule has 104 valence electrons. The van der Waals surface area contributed by atoms with Crippen LogP contribution >= 0.6 is 0 Å². The highest BCUT2D eigenvalue weighted by Crippen LogP contribution is 2.19. The molecule has 19 heavy (non-hydrogen) atoms. The van der Waals surface area contributed by atoms with Crippen LogP contribution in [0.3, 0.4) is 0 Å². The summed E-state index contributed by atoms with van der Waals surface area (Å²) in [5, 5.41) is 13.4. The summed E-state index contributed by atoms with van der Waals surface area (Å²) in [6.07, 6.45) is 0. The minimum Gasteiger partial charge on any atom is -0.240 e. The van der Waals surface area contributed by atoms with Gasteiger partial charge in [-0.1, -0.05) is 0 Å². The summed E-state index contributed by atoms with van der Waals surface area (Å²) in [7, 11) is -7.87. The predicted octanol–water partition coefficient (Wildman–Crippen LogP) is -0.368. The van der Waals surface area contributed by atoms with Gasteiger partial charge in [-0.15, -0.1) is 0 Å². The molecule has 0 saturated carbocycles. The van der Waals surface area contributed by atoms with Gasteiger partial charge in [-0.3, -0.25) is 0 Å². The van der Waals surface area contributed by atoms with Crippen molar-refractivity contribution in [3.63, 3.8) is 0 Å². The zero-order valence-electron chi connectivity index (χ0n) is 10.4. The molecule has 2 N–H and O–H groups in total. The molecular weight excluding hydrogens is 290 g/mol. The van der Waals surface area contributed by atoms with E-state index in [4.69, 9.17) is 10.4 Å². The smallest absolute Gasteiger partial charge is 0.210 e. The van der Waals surface area contributed by atoms with Crippen LogP contribution in [0.25, 0.3) is 0 Å². The molecule has 0 aliphatic carbocycles. The number of nitrogens with zero attached hydrogens (tertiary/aromatic N) is 2. The molecule has 1 aromatic rings. The monoisotopic (exact) mass is 303 g/mol. The van der Waals surface area contributed by atoms with E-state index in [9.17, 15) is 16.8 Å². The Balaban J connectivity index is 3.34. The maximum atomic E-state index is 12.0. The van der Waals surface area contributed by atoms with Crippen molar-refractivity contribution in [2.75, 3.05) is 11.5 Å². The van der Waals surface area contributed by atoms with E-state index in [0.29, 0.717) is 11.3 Å². The molecule has 0 unspecified atom stereocenters. The third-order valence-electron chi connectivity index (χ3n) is 2.35. The van der Waals surface area contributed by atoms with Gasteiger partial charge < -0.3 is 0 Å². The summed E-state index contributed by atoms with van der Waals surface area (Å²) in [6, 6.07) is 3.35. The molecule has 0 bridgehead atoms. The molecule has 0 aromatic carbocycles. The van der Waals surface area contributed by atoms with Crippen molar-refractivity contribution in [1.29, 1.82) is 5.26 Å². The van der Waals surface area contributed by atoms with E-state index < -0.39 is 36.4 Å². The molecule has 9 heteroatoms. The molecule has 7 nitrogen and oxygen atoms in total. The summed E-state index contributed by atoms with van der Waals surface area (Å²) >= 11 is 0. The lowest BCUT2D eigenvalue weighted by atomic mass is 10.1. The van der Waals surface area contributed by atoms with Crippen LogP contribution in [0.1, 0.15) is 16.8 Å². The van der Waals surface area contributed by atoms with E-state index in [1.54, 1.807) is 26.0 Å². The largest absolute Gasteiger partial charge is 0.240 e. The van der Waals surface area contributed by atoms with Crippen LogP contribution in [0.2, 0.25) is 0 Å². The molecule has 0 saturated heterocycles. The Morgan fingerprint density at radius 2 is 1.84 bits per heavy atom. The summed E-state index contributed by atoms with van der Waals surface area (Å²) in [6.45, 7) is 3.18. The molecule has 0 spiro atoms. The third kappa shape index (κ3) is 3.99. The highest BCUT2D eigenvalue weighted by Gasteiger charge is 2.24. The van der Waals surface area contributed by atoms with E-state index in [1.165, 1.54) is 0 Å². The lowest BCUT2D eigenvalue weighted by Gasteiger charge is -2.08. The molecular formula is C10H13N3O4S2. The Morgan fingerprint density at radius 1 is 1.26 bits per heavy atom. The highest BCUT2D eigenvalue weighted by atomic mass is 32.2. The number of nitriles is 1. The van der Waals surface area contributed by atoms with Crippen LogP contribution in [-0.4, -0.2) is 33.3 Å². The fraction of sp³-hybridized carbons (Fsp3) is 0.400. The van der Waals surface area contributed by atoms with Gasteiger partial charge in [0.25, 0.3) is 0 Å². The Morgan fingerprint density at radius 3 is 2.32 bits per heavy atom. The Labute approximate surface area is 112 Å². The Bertz CT molecular complexity index is 746. The van der Waals surface area contributed by atoms with Crippen molar-refractivity contribution in [2.24, 2.45) is 5.14 Å². The number of hydrogen-bond acceptors (Lipinski definition) is 6. The number of primary sulfonamides is 1. The summed E-state index contributed by atoms with van der Waals surface area (Å²) in [5.74, 6) is -1.41. The summed E-state index contributed by atoms with van der Waals surface area (Å²) < 4.78 is 45.7. The standard InChI is InChI=1S/C10H13N3O4S2/c1-7-5-8(2)13-10(9(7)6-11)18(14,15)3-4-19(12,16)17/h5H,3-4H2,1-2H3,(H2,12,16,17). The Kier molecular flexibility index (Phi) is 4.29. The van der Waals surface area contributed by atoms with E-state index >= 15 is 0 Å². The van der Waals surface area contributed by atoms with Crippen molar-refractivity contribution in [1.82, 2.24) is 4.98 Å². The number of aromatic nitrogens is 1. The highest BCUT2D eigenvalue weighted by molar-refractivity contribution is 7.94. The second-order valence-electron chi connectivity index (χ2n) is 4.06. The van der Waals surface area contributed by atoms with Crippen LogP contribution in [0, 0.1) is 25.2 Å². The summed E-state index contributed by atoms with van der Waals surface area (Å²) in [5.41, 5.74) is 0.842. The van der Waals surface area contributed by atoms with E-state index in [0.717, 1.165) is 0 Å². The molecule has 1 heterocycles. The normalized spacial score (nSPS) is 12.1. The van der Waals surface area contributed by atoms with Crippen molar-refractivity contribution >= 4 is 19.9 Å². The lowest BCUT2D eigenvalue weighted by molar-refractivity contribution is 0.585. The third-order valence-corrected chi connectivity index (χ3v) is 5.01. The molecule has 0 amide bonds. The number of sulfone groups is 1. The van der Waals surface area contributed by atoms with Crippen LogP contribution in [-0.2, 0) is 19.9 Å². The van der Waals surface area contributed by atoms with Gasteiger partial charge in [-0.25, -0.2) is 27.0 Å². The Hall–Kier alpha value is -1.50. The number of nitrogens with two attached hydrogens (primary N) is 1. The van der Waals surface area contributed by atoms with Gasteiger partial charge in [0, 0.05) is 5.69 Å². The number of sulfonamides is 1. The van der Waals surface area contributed by atoms with Crippen LogP contribution < -0.4 is 5.14 Å². The fourth-order valence-electron chi connectivity index (χ4n) is 1.49. The molecule has 1 rings (SSSR count). The lowest BCUT2D eigenvalue weighted by Crippen LogP contribution is -2.24. The van der Waals surface area contributed by atoms with Gasteiger partial charge in [-0.05, 0) is 25.5 Å². The first-order chi connectivity index (χ1) is 8.57. The van der Waals surface area contributed by atoms with Gasteiger partial charge in [-0.2, -0.15) is 5.26 Å². The number of hydrogen-bond donors (Lipinski definition) is 1.